The van der Waals surface area contributed by atoms with E-state index in [0.717, 1.165) is 6.42 Å². The quantitative estimate of drug-likeness (QED) is 0.203. The predicted octanol–water partition coefficient (Wildman–Crippen LogP) is 6.86. The van der Waals surface area contributed by atoms with Crippen LogP contribution in [0.3, 0.4) is 0 Å². The number of Topliss-reactive ketones (excluding diaryl/α,β-unsaturated/α-hetero) is 1. The molecule has 1 aliphatic carbocycles. The minimum atomic E-state index is -0.514. The molecule has 9 heteroatoms. The number of ether oxygens (including phenoxy) is 4. The number of hydrogen-bond acceptors (Lipinski definition) is 7. The third-order valence-corrected chi connectivity index (χ3v) is 5.87. The van der Waals surface area contributed by atoms with Gasteiger partial charge < -0.3 is 18.9 Å². The van der Waals surface area contributed by atoms with Crippen LogP contribution in [-0.2, 0) is 14.4 Å². The zero-order valence-corrected chi connectivity index (χ0v) is 22.6. The largest absolute Gasteiger partial charge is 0.490 e. The molecule has 0 atom stereocenters. The van der Waals surface area contributed by atoms with Crippen LogP contribution in [-0.4, -0.2) is 30.9 Å². The molecule has 1 fully saturated rings. The summed E-state index contributed by atoms with van der Waals surface area (Å²) in [6.45, 7) is 6.87. The lowest BCUT2D eigenvalue weighted by molar-refractivity contribution is -0.132. The van der Waals surface area contributed by atoms with E-state index >= 15 is 0 Å². The monoisotopic (exact) mass is 546 g/mol. The smallest absolute Gasteiger partial charge is 0.308 e. The fourth-order valence-corrected chi connectivity index (χ4v) is 4.45. The first-order valence-electron chi connectivity index (χ1n) is 11.9. The second-order valence-corrected chi connectivity index (χ2v) is 9.05. The summed E-state index contributed by atoms with van der Waals surface area (Å²) >= 11 is 12.7. The Kier molecular flexibility index (Phi) is 9.78. The van der Waals surface area contributed by atoms with Gasteiger partial charge in [0.05, 0.1) is 23.3 Å². The molecule has 0 aliphatic heterocycles. The highest BCUT2D eigenvalue weighted by molar-refractivity contribution is 6.33. The summed E-state index contributed by atoms with van der Waals surface area (Å²) in [7, 11) is 0. The van der Waals surface area contributed by atoms with Crippen molar-refractivity contribution in [2.24, 2.45) is 0 Å². The Morgan fingerprint density at radius 1 is 0.784 bits per heavy atom. The SMILES string of the molecule is CCOc1cc(/C=C2/CCC/C(=C\c3cc(Cl)c(OC(C)=O)c(OCC)c3)C2=O)cc(Cl)c1OC(C)=O. The van der Waals surface area contributed by atoms with E-state index in [1.54, 1.807) is 50.3 Å². The van der Waals surface area contributed by atoms with Gasteiger partial charge in [0.1, 0.15) is 0 Å². The molecule has 2 aromatic rings. The van der Waals surface area contributed by atoms with Crippen LogP contribution >= 0.6 is 23.2 Å². The molecule has 196 valence electrons. The van der Waals surface area contributed by atoms with E-state index in [1.807, 2.05) is 0 Å². The Bertz CT molecular complexity index is 1180. The van der Waals surface area contributed by atoms with Gasteiger partial charge in [0.2, 0.25) is 0 Å². The molecule has 0 heterocycles. The highest BCUT2D eigenvalue weighted by Crippen LogP contribution is 2.40. The zero-order valence-electron chi connectivity index (χ0n) is 21.1. The maximum absolute atomic E-state index is 13.3. The lowest BCUT2D eigenvalue weighted by Crippen LogP contribution is -2.12. The molecule has 3 rings (SSSR count). The molecule has 0 bridgehead atoms. The molecule has 2 aromatic carbocycles. The normalized spacial score (nSPS) is 15.6. The molecule has 0 aromatic heterocycles. The summed E-state index contributed by atoms with van der Waals surface area (Å²) in [6.07, 6.45) is 5.51. The van der Waals surface area contributed by atoms with E-state index in [4.69, 9.17) is 42.1 Å². The van der Waals surface area contributed by atoms with Crippen LogP contribution in [0.4, 0.5) is 0 Å². The van der Waals surface area contributed by atoms with Crippen molar-refractivity contribution < 1.29 is 33.3 Å². The van der Waals surface area contributed by atoms with Crippen molar-refractivity contribution in [3.8, 4) is 23.0 Å². The average molecular weight is 547 g/mol. The van der Waals surface area contributed by atoms with Crippen molar-refractivity contribution in [1.29, 1.82) is 0 Å². The lowest BCUT2D eigenvalue weighted by Gasteiger charge is -2.18. The molecule has 0 N–H and O–H groups in total. The third kappa shape index (κ3) is 7.37. The molecule has 7 nitrogen and oxygen atoms in total. The second-order valence-electron chi connectivity index (χ2n) is 8.24. The Hall–Kier alpha value is -3.29. The number of rotatable bonds is 8. The predicted molar refractivity (Wildman–Crippen MR) is 143 cm³/mol. The number of hydrogen-bond donors (Lipinski definition) is 0. The van der Waals surface area contributed by atoms with Gasteiger partial charge >= 0.3 is 11.9 Å². The minimum absolute atomic E-state index is 0.0949. The van der Waals surface area contributed by atoms with E-state index < -0.39 is 11.9 Å². The van der Waals surface area contributed by atoms with Gasteiger partial charge in [-0.3, -0.25) is 14.4 Å². The maximum Gasteiger partial charge on any atom is 0.308 e. The molecule has 0 amide bonds. The first-order valence-corrected chi connectivity index (χ1v) is 12.6. The summed E-state index contributed by atoms with van der Waals surface area (Å²) in [5.74, 6) is -0.188. The van der Waals surface area contributed by atoms with Crippen LogP contribution < -0.4 is 18.9 Å². The van der Waals surface area contributed by atoms with Gasteiger partial charge in [-0.05, 0) is 80.7 Å². The molecule has 1 saturated carbocycles. The van der Waals surface area contributed by atoms with Gasteiger partial charge in [0.15, 0.2) is 28.8 Å². The van der Waals surface area contributed by atoms with Gasteiger partial charge in [0.25, 0.3) is 0 Å². The van der Waals surface area contributed by atoms with E-state index in [0.29, 0.717) is 59.8 Å². The van der Waals surface area contributed by atoms with Gasteiger partial charge in [-0.25, -0.2) is 0 Å². The van der Waals surface area contributed by atoms with E-state index in [-0.39, 0.29) is 27.3 Å². The van der Waals surface area contributed by atoms with Gasteiger partial charge in [-0.2, -0.15) is 0 Å². The minimum Gasteiger partial charge on any atom is -0.490 e. The van der Waals surface area contributed by atoms with Crippen LogP contribution in [0.25, 0.3) is 12.2 Å². The molecule has 1 aliphatic rings. The molecule has 37 heavy (non-hydrogen) atoms. The number of halogens is 2. The van der Waals surface area contributed by atoms with E-state index in [2.05, 4.69) is 0 Å². The lowest BCUT2D eigenvalue weighted by atomic mass is 9.87. The fourth-order valence-electron chi connectivity index (χ4n) is 3.93. The van der Waals surface area contributed by atoms with Gasteiger partial charge in [-0.1, -0.05) is 23.2 Å². The highest BCUT2D eigenvalue weighted by Gasteiger charge is 2.22. The number of esters is 2. The summed E-state index contributed by atoms with van der Waals surface area (Å²) in [5.41, 5.74) is 2.54. The summed E-state index contributed by atoms with van der Waals surface area (Å²) in [6, 6.07) is 6.63. The van der Waals surface area contributed by atoms with Crippen molar-refractivity contribution in [2.75, 3.05) is 13.2 Å². The molecule has 0 spiro atoms. The molecular weight excluding hydrogens is 519 g/mol. The van der Waals surface area contributed by atoms with Crippen molar-refractivity contribution >= 4 is 53.1 Å². The fraction of sp³-hybridized carbons (Fsp3) is 0.321. The Morgan fingerprint density at radius 3 is 1.54 bits per heavy atom. The summed E-state index contributed by atoms with van der Waals surface area (Å²) < 4.78 is 21.6. The topological polar surface area (TPSA) is 88.1 Å². The van der Waals surface area contributed by atoms with Crippen molar-refractivity contribution in [2.45, 2.75) is 47.0 Å². The first-order chi connectivity index (χ1) is 17.6. The molecule has 0 unspecified atom stereocenters. The van der Waals surface area contributed by atoms with Crippen molar-refractivity contribution in [3.63, 3.8) is 0 Å². The highest BCUT2D eigenvalue weighted by atomic mass is 35.5. The van der Waals surface area contributed by atoms with Crippen LogP contribution in [0.1, 0.15) is 58.1 Å². The molecule has 0 saturated heterocycles. The summed E-state index contributed by atoms with van der Waals surface area (Å²) in [4.78, 5) is 36.3. The maximum atomic E-state index is 13.3. The first kappa shape index (κ1) is 28.3. The van der Waals surface area contributed by atoms with Crippen molar-refractivity contribution in [3.05, 3.63) is 56.6 Å². The molecular formula is C28H28Cl2O7. The number of allylic oxidation sites excluding steroid dienone is 2. The van der Waals surface area contributed by atoms with Crippen LogP contribution in [0, 0.1) is 0 Å². The second kappa shape index (κ2) is 12.8. The van der Waals surface area contributed by atoms with Crippen LogP contribution in [0.5, 0.6) is 23.0 Å². The zero-order chi connectivity index (χ0) is 27.1. The third-order valence-electron chi connectivity index (χ3n) is 5.31. The Balaban J connectivity index is 1.96. The van der Waals surface area contributed by atoms with E-state index in [9.17, 15) is 14.4 Å². The average Bonchev–Trinajstić information content (AvgIpc) is 2.81. The number of carbonyl (C=O) groups is 3. The summed E-state index contributed by atoms with van der Waals surface area (Å²) in [5, 5.41) is 0.413. The molecule has 0 radical (unpaired) electrons. The van der Waals surface area contributed by atoms with Gasteiger partial charge in [-0.15, -0.1) is 0 Å². The number of benzene rings is 2. The van der Waals surface area contributed by atoms with Crippen LogP contribution in [0.15, 0.2) is 35.4 Å². The van der Waals surface area contributed by atoms with Gasteiger partial charge in [0, 0.05) is 25.0 Å². The number of carbonyl (C=O) groups excluding carboxylic acids is 3. The van der Waals surface area contributed by atoms with Crippen molar-refractivity contribution in [1.82, 2.24) is 0 Å². The van der Waals surface area contributed by atoms with E-state index in [1.165, 1.54) is 13.8 Å². The Labute approximate surface area is 225 Å². The van der Waals surface area contributed by atoms with Crippen LogP contribution in [0.2, 0.25) is 10.0 Å². The number of ketones is 1. The standard InChI is InChI=1S/C28H28Cl2O7/c1-5-34-24-14-18(12-22(29)27(24)36-16(3)31)10-20-8-7-9-21(26(20)33)11-19-13-23(30)28(37-17(4)32)25(15-19)35-6-2/h10-15H,5-9H2,1-4H3/b20-10-,21-11+. The Morgan fingerprint density at radius 2 is 1.19 bits per heavy atom.